The van der Waals surface area contributed by atoms with Crippen molar-refractivity contribution in [3.05, 3.63) is 28.2 Å². The van der Waals surface area contributed by atoms with Crippen LogP contribution >= 0.6 is 15.9 Å². The average molecular weight is 361 g/mol. The maximum absolute atomic E-state index is 12.4. The minimum absolute atomic E-state index is 0.0553. The first-order valence-corrected chi connectivity index (χ1v) is 8.74. The molecule has 7 heteroatoms. The van der Waals surface area contributed by atoms with Gasteiger partial charge in [-0.1, -0.05) is 22.9 Å². The summed E-state index contributed by atoms with van der Waals surface area (Å²) in [4.78, 5) is 14.2. The van der Waals surface area contributed by atoms with Gasteiger partial charge in [-0.3, -0.25) is 4.79 Å². The zero-order chi connectivity index (χ0) is 14.9. The van der Waals surface area contributed by atoms with Gasteiger partial charge >= 0.3 is 0 Å². The number of likely N-dealkylation sites (tertiary alicyclic amines) is 1. The summed E-state index contributed by atoms with van der Waals surface area (Å²) in [6.45, 7) is 3.52. The minimum atomic E-state index is -3.82. The van der Waals surface area contributed by atoms with Gasteiger partial charge in [0.25, 0.3) is 5.91 Å². The summed E-state index contributed by atoms with van der Waals surface area (Å²) in [7, 11) is -3.82. The Balaban J connectivity index is 2.32. The molecule has 1 aliphatic rings. The number of nitrogens with zero attached hydrogens (tertiary/aromatic N) is 1. The van der Waals surface area contributed by atoms with Gasteiger partial charge < -0.3 is 4.90 Å². The van der Waals surface area contributed by atoms with Crippen molar-refractivity contribution >= 4 is 31.9 Å². The summed E-state index contributed by atoms with van der Waals surface area (Å²) in [5, 5.41) is 5.12. The standard InChI is InChI=1S/C13H17BrN2O3S/c1-9-3-2-4-16(8-9)13(17)10-5-11(14)7-12(6-10)20(15,18)19/h5-7,9H,2-4,8H2,1H3,(H2,15,18,19). The van der Waals surface area contributed by atoms with Crippen LogP contribution in [0.1, 0.15) is 30.1 Å². The van der Waals surface area contributed by atoms with Gasteiger partial charge in [-0.05, 0) is 37.0 Å². The minimum Gasteiger partial charge on any atom is -0.338 e. The van der Waals surface area contributed by atoms with Crippen molar-refractivity contribution in [2.24, 2.45) is 11.1 Å². The predicted molar refractivity (Wildman–Crippen MR) is 79.8 cm³/mol. The van der Waals surface area contributed by atoms with Crippen LogP contribution in [0.15, 0.2) is 27.6 Å². The molecule has 0 aliphatic carbocycles. The fourth-order valence-electron chi connectivity index (χ4n) is 2.41. The summed E-state index contributed by atoms with van der Waals surface area (Å²) >= 11 is 3.22. The Morgan fingerprint density at radius 3 is 2.70 bits per heavy atom. The number of hydrogen-bond donors (Lipinski definition) is 1. The van der Waals surface area contributed by atoms with Crippen molar-refractivity contribution in [3.8, 4) is 0 Å². The first-order chi connectivity index (χ1) is 9.27. The van der Waals surface area contributed by atoms with E-state index in [0.29, 0.717) is 29.0 Å². The smallest absolute Gasteiger partial charge is 0.253 e. The Labute approximate surface area is 127 Å². The fraction of sp³-hybridized carbons (Fsp3) is 0.462. The van der Waals surface area contributed by atoms with Crippen molar-refractivity contribution in [2.45, 2.75) is 24.7 Å². The molecule has 0 radical (unpaired) electrons. The van der Waals surface area contributed by atoms with Crippen LogP contribution < -0.4 is 5.14 Å². The lowest BCUT2D eigenvalue weighted by atomic mass is 9.99. The molecule has 1 amide bonds. The third-order valence-corrected chi connectivity index (χ3v) is 4.74. The second kappa shape index (κ2) is 5.83. The highest BCUT2D eigenvalue weighted by atomic mass is 79.9. The largest absolute Gasteiger partial charge is 0.338 e. The summed E-state index contributed by atoms with van der Waals surface area (Å²) in [5.41, 5.74) is 0.345. The molecule has 1 fully saturated rings. The second-order valence-electron chi connectivity index (χ2n) is 5.22. The van der Waals surface area contributed by atoms with Gasteiger partial charge in [0.1, 0.15) is 0 Å². The van der Waals surface area contributed by atoms with E-state index in [1.807, 2.05) is 0 Å². The molecule has 2 rings (SSSR count). The molecule has 5 nitrogen and oxygen atoms in total. The molecule has 0 bridgehead atoms. The van der Waals surface area contributed by atoms with E-state index in [-0.39, 0.29) is 10.8 Å². The number of benzene rings is 1. The number of rotatable bonds is 2. The molecule has 0 aromatic heterocycles. The van der Waals surface area contributed by atoms with Gasteiger partial charge in [0, 0.05) is 23.1 Å². The molecule has 0 spiro atoms. The van der Waals surface area contributed by atoms with E-state index in [1.54, 1.807) is 11.0 Å². The van der Waals surface area contributed by atoms with Gasteiger partial charge in [-0.25, -0.2) is 13.6 Å². The molecule has 1 aromatic carbocycles. The molecule has 1 unspecified atom stereocenters. The molecular weight excluding hydrogens is 344 g/mol. The number of carbonyl (C=O) groups excluding carboxylic acids is 1. The Morgan fingerprint density at radius 1 is 1.40 bits per heavy atom. The Bertz CT molecular complexity index is 631. The van der Waals surface area contributed by atoms with Crippen LogP contribution in [0.5, 0.6) is 0 Å². The zero-order valence-corrected chi connectivity index (χ0v) is 13.6. The molecule has 110 valence electrons. The van der Waals surface area contributed by atoms with Crippen molar-refractivity contribution in [1.82, 2.24) is 4.90 Å². The third kappa shape index (κ3) is 3.59. The Kier molecular flexibility index (Phi) is 4.51. The quantitative estimate of drug-likeness (QED) is 0.875. The Hall–Kier alpha value is -0.920. The third-order valence-electron chi connectivity index (χ3n) is 3.39. The highest BCUT2D eigenvalue weighted by Crippen LogP contribution is 2.22. The van der Waals surface area contributed by atoms with Crippen LogP contribution in [0.25, 0.3) is 0 Å². The van der Waals surface area contributed by atoms with Crippen LogP contribution in [0.3, 0.4) is 0 Å². The fourth-order valence-corrected chi connectivity index (χ4v) is 3.63. The normalized spacial score (nSPS) is 19.9. The van der Waals surface area contributed by atoms with Gasteiger partial charge in [0.15, 0.2) is 0 Å². The van der Waals surface area contributed by atoms with Crippen LogP contribution in [0.2, 0.25) is 0 Å². The van der Waals surface area contributed by atoms with E-state index in [4.69, 9.17) is 5.14 Å². The lowest BCUT2D eigenvalue weighted by Crippen LogP contribution is -2.39. The van der Waals surface area contributed by atoms with Crippen LogP contribution in [-0.4, -0.2) is 32.3 Å². The van der Waals surface area contributed by atoms with Gasteiger partial charge in [-0.2, -0.15) is 0 Å². The number of sulfonamides is 1. The molecule has 1 aliphatic heterocycles. The first kappa shape index (κ1) is 15.5. The maximum atomic E-state index is 12.4. The van der Waals surface area contributed by atoms with E-state index in [2.05, 4.69) is 22.9 Å². The topological polar surface area (TPSA) is 80.5 Å². The first-order valence-electron chi connectivity index (χ1n) is 6.40. The highest BCUT2D eigenvalue weighted by molar-refractivity contribution is 9.10. The number of hydrogen-bond acceptors (Lipinski definition) is 3. The summed E-state index contributed by atoms with van der Waals surface area (Å²) < 4.78 is 23.4. The van der Waals surface area contributed by atoms with E-state index < -0.39 is 10.0 Å². The van der Waals surface area contributed by atoms with Crippen molar-refractivity contribution < 1.29 is 13.2 Å². The van der Waals surface area contributed by atoms with Gasteiger partial charge in [0.05, 0.1) is 4.90 Å². The van der Waals surface area contributed by atoms with Gasteiger partial charge in [0.2, 0.25) is 10.0 Å². The number of nitrogens with two attached hydrogens (primary N) is 1. The zero-order valence-electron chi connectivity index (χ0n) is 11.2. The van der Waals surface area contributed by atoms with Crippen molar-refractivity contribution in [1.29, 1.82) is 0 Å². The van der Waals surface area contributed by atoms with Crippen LogP contribution in [0.4, 0.5) is 0 Å². The van der Waals surface area contributed by atoms with E-state index in [9.17, 15) is 13.2 Å². The lowest BCUT2D eigenvalue weighted by Gasteiger charge is -2.31. The average Bonchev–Trinajstić information content (AvgIpc) is 2.36. The molecule has 1 aromatic rings. The number of halogens is 1. The van der Waals surface area contributed by atoms with Gasteiger partial charge in [-0.15, -0.1) is 0 Å². The SMILES string of the molecule is CC1CCCN(C(=O)c2cc(Br)cc(S(N)(=O)=O)c2)C1. The summed E-state index contributed by atoms with van der Waals surface area (Å²) in [5.74, 6) is 0.320. The molecular formula is C13H17BrN2O3S. The van der Waals surface area contributed by atoms with E-state index >= 15 is 0 Å². The summed E-state index contributed by atoms with van der Waals surface area (Å²) in [6, 6.07) is 4.35. The predicted octanol–water partition coefficient (Wildman–Crippen LogP) is 1.97. The molecule has 20 heavy (non-hydrogen) atoms. The van der Waals surface area contributed by atoms with Crippen LogP contribution in [0, 0.1) is 5.92 Å². The molecule has 2 N–H and O–H groups in total. The van der Waals surface area contributed by atoms with Crippen molar-refractivity contribution in [2.75, 3.05) is 13.1 Å². The highest BCUT2D eigenvalue weighted by Gasteiger charge is 2.23. The van der Waals surface area contributed by atoms with Crippen molar-refractivity contribution in [3.63, 3.8) is 0 Å². The van der Waals surface area contributed by atoms with E-state index in [1.165, 1.54) is 12.1 Å². The molecule has 1 atom stereocenters. The Morgan fingerprint density at radius 2 is 2.10 bits per heavy atom. The van der Waals surface area contributed by atoms with Crippen LogP contribution in [-0.2, 0) is 10.0 Å². The summed E-state index contributed by atoms with van der Waals surface area (Å²) in [6.07, 6.45) is 2.09. The monoisotopic (exact) mass is 360 g/mol. The number of piperidine rings is 1. The number of primary sulfonamides is 1. The molecule has 0 saturated carbocycles. The second-order valence-corrected chi connectivity index (χ2v) is 7.70. The maximum Gasteiger partial charge on any atom is 0.253 e. The lowest BCUT2D eigenvalue weighted by molar-refractivity contribution is 0.0682. The number of amides is 1. The van der Waals surface area contributed by atoms with E-state index in [0.717, 1.165) is 12.8 Å². The molecule has 1 saturated heterocycles. The molecule has 1 heterocycles. The number of carbonyl (C=O) groups is 1.